The number of hydrogen-bond donors (Lipinski definition) is 1. The fourth-order valence-corrected chi connectivity index (χ4v) is 3.53. The summed E-state index contributed by atoms with van der Waals surface area (Å²) in [6.45, 7) is 2.60. The van der Waals surface area contributed by atoms with E-state index in [2.05, 4.69) is 24.1 Å². The molecule has 0 bridgehead atoms. The van der Waals surface area contributed by atoms with Gasteiger partial charge in [-0.15, -0.1) is 0 Å². The number of benzene rings is 2. The first-order valence-electron chi connectivity index (χ1n) is 9.25. The van der Waals surface area contributed by atoms with E-state index in [1.807, 2.05) is 49.4 Å². The molecular weight excluding hydrogens is 354 g/mol. The zero-order valence-electron chi connectivity index (χ0n) is 15.8. The number of allylic oxidation sites excluding steroid dienone is 1. The number of nitrogens with two attached hydrogens (primary N) is 1. The van der Waals surface area contributed by atoms with Gasteiger partial charge in [0, 0.05) is 35.3 Å². The minimum atomic E-state index is 0.529. The summed E-state index contributed by atoms with van der Waals surface area (Å²) in [4.78, 5) is 3.29. The minimum absolute atomic E-state index is 0.529. The summed E-state index contributed by atoms with van der Waals surface area (Å²) in [6, 6.07) is 16.8. The van der Waals surface area contributed by atoms with Crippen molar-refractivity contribution in [2.24, 2.45) is 5.14 Å². The Hall–Kier alpha value is -2.42. The Bertz CT molecular complexity index is 851. The topological polar surface area (TPSA) is 62.3 Å². The van der Waals surface area contributed by atoms with Gasteiger partial charge in [0.05, 0.1) is 18.2 Å². The first-order chi connectivity index (χ1) is 13.2. The van der Waals surface area contributed by atoms with E-state index in [0.29, 0.717) is 18.2 Å². The molecule has 1 aliphatic carbocycles. The fraction of sp³-hybridized carbons (Fsp3) is 0.318. The second kappa shape index (κ2) is 8.98. The minimum Gasteiger partial charge on any atom is -0.494 e. The molecule has 2 aromatic rings. The molecule has 2 N–H and O–H groups in total. The third kappa shape index (κ3) is 4.47. The molecular formula is C22H25N3OS. The number of ether oxygens (including phenoxy) is 1. The predicted octanol–water partition coefficient (Wildman–Crippen LogP) is 5.10. The molecule has 0 unspecified atom stereocenters. The first kappa shape index (κ1) is 19.3. The lowest BCUT2D eigenvalue weighted by Crippen LogP contribution is -2.37. The maximum absolute atomic E-state index is 9.84. The Morgan fingerprint density at radius 1 is 1.30 bits per heavy atom. The molecule has 3 rings (SSSR count). The summed E-state index contributed by atoms with van der Waals surface area (Å²) in [5.41, 5.74) is 3.61. The van der Waals surface area contributed by atoms with E-state index in [0.717, 1.165) is 27.5 Å². The van der Waals surface area contributed by atoms with Crippen molar-refractivity contribution in [2.75, 3.05) is 18.6 Å². The van der Waals surface area contributed by atoms with Crippen molar-refractivity contribution in [2.45, 2.75) is 37.1 Å². The van der Waals surface area contributed by atoms with Crippen molar-refractivity contribution < 1.29 is 4.74 Å². The molecule has 0 saturated heterocycles. The highest BCUT2D eigenvalue weighted by molar-refractivity contribution is 7.97. The van der Waals surface area contributed by atoms with Gasteiger partial charge in [-0.25, -0.2) is 0 Å². The van der Waals surface area contributed by atoms with Crippen molar-refractivity contribution in [3.05, 3.63) is 53.6 Å². The zero-order chi connectivity index (χ0) is 19.2. The van der Waals surface area contributed by atoms with Gasteiger partial charge in [0.1, 0.15) is 5.75 Å². The fourth-order valence-electron chi connectivity index (χ4n) is 3.24. The van der Waals surface area contributed by atoms with Gasteiger partial charge in [-0.3, -0.25) is 5.14 Å². The van der Waals surface area contributed by atoms with E-state index in [4.69, 9.17) is 9.88 Å². The van der Waals surface area contributed by atoms with E-state index in [1.54, 1.807) is 0 Å². The molecule has 27 heavy (non-hydrogen) atoms. The van der Waals surface area contributed by atoms with Gasteiger partial charge < -0.3 is 9.64 Å². The number of rotatable bonds is 7. The normalized spacial score (nSPS) is 14.4. The van der Waals surface area contributed by atoms with Crippen LogP contribution >= 0.6 is 11.9 Å². The van der Waals surface area contributed by atoms with Crippen molar-refractivity contribution in [3.8, 4) is 11.8 Å². The highest BCUT2D eigenvalue weighted by Crippen LogP contribution is 2.36. The van der Waals surface area contributed by atoms with Crippen LogP contribution in [-0.4, -0.2) is 19.7 Å². The van der Waals surface area contributed by atoms with E-state index in [1.165, 1.54) is 31.2 Å². The van der Waals surface area contributed by atoms with Crippen LogP contribution in [0.25, 0.3) is 11.6 Å². The number of hydrogen-bond acceptors (Lipinski definition) is 5. The highest BCUT2D eigenvalue weighted by atomic mass is 32.2. The second-order valence-corrected chi connectivity index (χ2v) is 7.37. The van der Waals surface area contributed by atoms with Crippen LogP contribution < -0.4 is 14.8 Å². The molecule has 2 aromatic carbocycles. The molecule has 140 valence electrons. The SMILES string of the molecule is CCOc1ccc(/C(C#N)=C/c2ccc(SN)cc2)c(N(C)C2CCC2)c1. The smallest absolute Gasteiger partial charge is 0.121 e. The van der Waals surface area contributed by atoms with Crippen LogP contribution in [0.5, 0.6) is 5.75 Å². The van der Waals surface area contributed by atoms with Crippen molar-refractivity contribution in [1.29, 1.82) is 5.26 Å². The average molecular weight is 380 g/mol. The molecule has 0 aliphatic heterocycles. The Morgan fingerprint density at radius 3 is 2.59 bits per heavy atom. The third-order valence-corrected chi connectivity index (χ3v) is 5.56. The van der Waals surface area contributed by atoms with E-state index >= 15 is 0 Å². The lowest BCUT2D eigenvalue weighted by atomic mass is 9.90. The highest BCUT2D eigenvalue weighted by Gasteiger charge is 2.25. The standard InChI is InChI=1S/C22H25N3OS/c1-3-26-19-9-12-21(22(14-19)25(2)18-5-4-6-18)17(15-23)13-16-7-10-20(27-24)11-8-16/h7-14,18H,3-6,24H2,1-2H3/b17-13+. The molecule has 1 aliphatic rings. The Kier molecular flexibility index (Phi) is 6.44. The summed E-state index contributed by atoms with van der Waals surface area (Å²) in [7, 11) is 2.11. The molecule has 0 aromatic heterocycles. The molecule has 0 amide bonds. The summed E-state index contributed by atoms with van der Waals surface area (Å²) in [5.74, 6) is 0.837. The van der Waals surface area contributed by atoms with E-state index in [-0.39, 0.29) is 0 Å². The second-order valence-electron chi connectivity index (χ2n) is 6.66. The Morgan fingerprint density at radius 2 is 2.04 bits per heavy atom. The largest absolute Gasteiger partial charge is 0.494 e. The van der Waals surface area contributed by atoms with Crippen molar-refractivity contribution in [3.63, 3.8) is 0 Å². The average Bonchev–Trinajstić information content (AvgIpc) is 2.65. The van der Waals surface area contributed by atoms with Gasteiger partial charge in [0.2, 0.25) is 0 Å². The van der Waals surface area contributed by atoms with Gasteiger partial charge in [0.15, 0.2) is 0 Å². The molecule has 0 radical (unpaired) electrons. The molecule has 1 saturated carbocycles. The third-order valence-electron chi connectivity index (χ3n) is 5.02. The van der Waals surface area contributed by atoms with Crippen LogP contribution in [0.3, 0.4) is 0 Å². The number of nitrogens with zero attached hydrogens (tertiary/aromatic N) is 2. The molecule has 0 spiro atoms. The van der Waals surface area contributed by atoms with Gasteiger partial charge in [-0.2, -0.15) is 5.26 Å². The zero-order valence-corrected chi connectivity index (χ0v) is 16.6. The lowest BCUT2D eigenvalue weighted by molar-refractivity contribution is 0.340. The summed E-state index contributed by atoms with van der Waals surface area (Å²) < 4.78 is 5.70. The van der Waals surface area contributed by atoms with Gasteiger partial charge >= 0.3 is 0 Å². The van der Waals surface area contributed by atoms with Crippen LogP contribution in [0, 0.1) is 11.3 Å². The van der Waals surface area contributed by atoms with Crippen LogP contribution in [0.1, 0.15) is 37.3 Å². The first-order valence-corrected chi connectivity index (χ1v) is 10.1. The molecule has 4 nitrogen and oxygen atoms in total. The molecule has 0 heterocycles. The van der Waals surface area contributed by atoms with Crippen molar-refractivity contribution >= 4 is 29.3 Å². The van der Waals surface area contributed by atoms with Gasteiger partial charge in [0.25, 0.3) is 0 Å². The summed E-state index contributed by atoms with van der Waals surface area (Å²) in [6.07, 6.45) is 5.58. The maximum Gasteiger partial charge on any atom is 0.121 e. The van der Waals surface area contributed by atoms with Gasteiger partial charge in [-0.05, 0) is 74.0 Å². The molecule has 1 fully saturated rings. The molecule has 0 atom stereocenters. The summed E-state index contributed by atoms with van der Waals surface area (Å²) >= 11 is 1.22. The van der Waals surface area contributed by atoms with E-state index in [9.17, 15) is 5.26 Å². The Labute approximate surface area is 165 Å². The van der Waals surface area contributed by atoms with Gasteiger partial charge in [-0.1, -0.05) is 12.1 Å². The quantitative estimate of drug-likeness (QED) is 0.412. The predicted molar refractivity (Wildman–Crippen MR) is 114 cm³/mol. The van der Waals surface area contributed by atoms with Crippen LogP contribution in [-0.2, 0) is 0 Å². The van der Waals surface area contributed by atoms with E-state index < -0.39 is 0 Å². The van der Waals surface area contributed by atoms with Crippen molar-refractivity contribution in [1.82, 2.24) is 0 Å². The number of nitriles is 1. The van der Waals surface area contributed by atoms with Crippen LogP contribution in [0.2, 0.25) is 0 Å². The number of anilines is 1. The maximum atomic E-state index is 9.84. The summed E-state index contributed by atoms with van der Waals surface area (Å²) in [5, 5.41) is 15.4. The lowest BCUT2D eigenvalue weighted by Gasteiger charge is -2.37. The molecule has 5 heteroatoms. The monoisotopic (exact) mass is 379 g/mol. The van der Waals surface area contributed by atoms with Crippen LogP contribution in [0.15, 0.2) is 47.4 Å². The Balaban J connectivity index is 2.00. The van der Waals surface area contributed by atoms with Crippen LogP contribution in [0.4, 0.5) is 5.69 Å².